The van der Waals surface area contributed by atoms with Crippen LogP contribution in [0.4, 0.5) is 4.39 Å². The zero-order chi connectivity index (χ0) is 17.4. The van der Waals surface area contributed by atoms with Crippen LogP contribution in [-0.2, 0) is 17.1 Å². The number of aromatic nitrogens is 2. The normalized spacial score (nSPS) is 13.5. The van der Waals surface area contributed by atoms with Crippen molar-refractivity contribution in [2.75, 3.05) is 0 Å². The van der Waals surface area contributed by atoms with Crippen molar-refractivity contribution in [1.82, 2.24) is 14.3 Å². The van der Waals surface area contributed by atoms with Crippen LogP contribution in [0.5, 0.6) is 0 Å². The van der Waals surface area contributed by atoms with Crippen molar-refractivity contribution in [3.8, 4) is 0 Å². The maximum Gasteiger partial charge on any atom is 0.242 e. The molecule has 0 saturated carbocycles. The Hall–Kier alpha value is -1.44. The van der Waals surface area contributed by atoms with Gasteiger partial charge in [0.25, 0.3) is 0 Å². The van der Waals surface area contributed by atoms with Crippen molar-refractivity contribution in [2.45, 2.75) is 31.7 Å². The van der Waals surface area contributed by atoms with Crippen LogP contribution in [0.25, 0.3) is 0 Å². The molecule has 0 bridgehead atoms. The lowest BCUT2D eigenvalue weighted by molar-refractivity contribution is 0.434. The number of hydrogen-bond donors (Lipinski definition) is 1. The molecule has 1 unspecified atom stereocenters. The molecule has 0 fully saturated rings. The maximum atomic E-state index is 13.5. The third kappa shape index (κ3) is 3.73. The van der Waals surface area contributed by atoms with E-state index in [1.807, 2.05) is 13.8 Å². The van der Waals surface area contributed by atoms with Gasteiger partial charge in [-0.05, 0) is 30.5 Å². The number of hydrogen-bond acceptors (Lipinski definition) is 3. The first-order valence-corrected chi connectivity index (χ1v) is 8.94. The van der Waals surface area contributed by atoms with Gasteiger partial charge in [-0.3, -0.25) is 0 Å². The summed E-state index contributed by atoms with van der Waals surface area (Å²) in [5.41, 5.74) is 0.216. The molecule has 8 heteroatoms. The van der Waals surface area contributed by atoms with E-state index in [4.69, 9.17) is 11.6 Å². The molecule has 0 spiro atoms. The zero-order valence-electron chi connectivity index (χ0n) is 13.3. The average molecular weight is 360 g/mol. The van der Waals surface area contributed by atoms with Crippen molar-refractivity contribution in [3.63, 3.8) is 0 Å². The van der Waals surface area contributed by atoms with E-state index in [0.717, 1.165) is 6.07 Å². The highest BCUT2D eigenvalue weighted by molar-refractivity contribution is 7.89. The molecule has 1 atom stereocenters. The fourth-order valence-corrected chi connectivity index (χ4v) is 4.17. The molecule has 1 N–H and O–H groups in total. The van der Waals surface area contributed by atoms with E-state index in [9.17, 15) is 12.8 Å². The summed E-state index contributed by atoms with van der Waals surface area (Å²) in [6.07, 6.45) is 3.35. The topological polar surface area (TPSA) is 64.0 Å². The molecular formula is C15H19ClFN3O2S. The minimum atomic E-state index is -3.92. The molecule has 0 amide bonds. The number of benzene rings is 1. The second kappa shape index (κ2) is 6.59. The minimum Gasteiger partial charge on any atom is -0.337 e. The van der Waals surface area contributed by atoms with Crippen LogP contribution in [0.2, 0.25) is 5.02 Å². The van der Waals surface area contributed by atoms with Crippen LogP contribution in [0.3, 0.4) is 0 Å². The number of imidazole rings is 1. The summed E-state index contributed by atoms with van der Waals surface area (Å²) < 4.78 is 43.2. The molecule has 1 aromatic heterocycles. The first kappa shape index (κ1) is 17.9. The quantitative estimate of drug-likeness (QED) is 0.891. The molecule has 1 aromatic carbocycles. The lowest BCUT2D eigenvalue weighted by atomic mass is 10.1. The first-order chi connectivity index (χ1) is 10.6. The van der Waals surface area contributed by atoms with Crippen molar-refractivity contribution in [1.29, 1.82) is 0 Å². The minimum absolute atomic E-state index is 0.0359. The van der Waals surface area contributed by atoms with Crippen LogP contribution in [-0.4, -0.2) is 18.0 Å². The number of sulfonamides is 1. The number of aryl methyl sites for hydroxylation is 2. The maximum absolute atomic E-state index is 13.5. The van der Waals surface area contributed by atoms with E-state index in [2.05, 4.69) is 9.71 Å². The van der Waals surface area contributed by atoms with Gasteiger partial charge in [0.1, 0.15) is 16.5 Å². The predicted molar refractivity (Wildman–Crippen MR) is 87.3 cm³/mol. The highest BCUT2D eigenvalue weighted by Gasteiger charge is 2.28. The van der Waals surface area contributed by atoms with Crippen LogP contribution < -0.4 is 4.72 Å². The molecule has 0 radical (unpaired) electrons. The van der Waals surface area contributed by atoms with Crippen LogP contribution in [0, 0.1) is 18.7 Å². The summed E-state index contributed by atoms with van der Waals surface area (Å²) in [5, 5.41) is -0.150. The Kier molecular flexibility index (Phi) is 5.13. The summed E-state index contributed by atoms with van der Waals surface area (Å²) >= 11 is 5.93. The van der Waals surface area contributed by atoms with Crippen molar-refractivity contribution in [3.05, 3.63) is 46.8 Å². The summed E-state index contributed by atoms with van der Waals surface area (Å²) in [7, 11) is -2.13. The molecular weight excluding hydrogens is 341 g/mol. The Morgan fingerprint density at radius 2 is 2.00 bits per heavy atom. The van der Waals surface area contributed by atoms with E-state index in [0.29, 0.717) is 5.82 Å². The Balaban J connectivity index is 2.44. The molecule has 0 aliphatic rings. The largest absolute Gasteiger partial charge is 0.337 e. The van der Waals surface area contributed by atoms with Crippen LogP contribution in [0.1, 0.15) is 31.3 Å². The van der Waals surface area contributed by atoms with Gasteiger partial charge in [0.05, 0.1) is 11.1 Å². The number of nitrogens with zero attached hydrogens (tertiary/aromatic N) is 2. The molecule has 2 rings (SSSR count). The highest BCUT2D eigenvalue weighted by atomic mass is 35.5. The lowest BCUT2D eigenvalue weighted by Gasteiger charge is -2.22. The third-order valence-corrected chi connectivity index (χ3v) is 5.49. The predicted octanol–water partition coefficient (Wildman–Crippen LogP) is 3.20. The third-order valence-electron chi connectivity index (χ3n) is 3.59. The Morgan fingerprint density at radius 3 is 2.52 bits per heavy atom. The molecule has 0 aliphatic heterocycles. The fourth-order valence-electron chi connectivity index (χ4n) is 2.23. The number of rotatable bonds is 5. The summed E-state index contributed by atoms with van der Waals surface area (Å²) in [6.45, 7) is 5.27. The van der Waals surface area contributed by atoms with Gasteiger partial charge in [0, 0.05) is 19.4 Å². The summed E-state index contributed by atoms with van der Waals surface area (Å²) in [4.78, 5) is 4.07. The number of halogens is 2. The summed E-state index contributed by atoms with van der Waals surface area (Å²) in [6, 6.07) is 1.72. The van der Waals surface area contributed by atoms with Crippen molar-refractivity contribution >= 4 is 21.6 Å². The fraction of sp³-hybridized carbons (Fsp3) is 0.400. The molecule has 1 heterocycles. The van der Waals surface area contributed by atoms with E-state index >= 15 is 0 Å². The SMILES string of the molecule is Cc1cc(S(=O)(=O)NC(c2nccn2C)C(C)C)c(Cl)cc1F. The Bertz CT molecular complexity index is 818. The van der Waals surface area contributed by atoms with Gasteiger partial charge in [-0.25, -0.2) is 22.5 Å². The highest BCUT2D eigenvalue weighted by Crippen LogP contribution is 2.28. The summed E-state index contributed by atoms with van der Waals surface area (Å²) in [5.74, 6) is 0.0168. The van der Waals surface area contributed by atoms with Gasteiger partial charge in [0.15, 0.2) is 0 Å². The van der Waals surface area contributed by atoms with E-state index < -0.39 is 21.9 Å². The van der Waals surface area contributed by atoms with Crippen LogP contribution >= 0.6 is 11.6 Å². The monoisotopic (exact) mass is 359 g/mol. The Labute approximate surface area is 140 Å². The second-order valence-electron chi connectivity index (χ2n) is 5.77. The lowest BCUT2D eigenvalue weighted by Crippen LogP contribution is -2.33. The van der Waals surface area contributed by atoms with Gasteiger partial charge < -0.3 is 4.57 Å². The number of nitrogens with one attached hydrogen (secondary N) is 1. The van der Waals surface area contributed by atoms with Gasteiger partial charge >= 0.3 is 0 Å². The van der Waals surface area contributed by atoms with Crippen molar-refractivity contribution < 1.29 is 12.8 Å². The van der Waals surface area contributed by atoms with Gasteiger partial charge in [0.2, 0.25) is 10.0 Å². The second-order valence-corrected chi connectivity index (χ2v) is 7.86. The molecule has 5 nitrogen and oxygen atoms in total. The average Bonchev–Trinajstić information content (AvgIpc) is 2.86. The smallest absolute Gasteiger partial charge is 0.242 e. The van der Waals surface area contributed by atoms with E-state index in [1.54, 1.807) is 24.0 Å². The molecule has 0 aliphatic carbocycles. The standard InChI is InChI=1S/C15H19ClFN3O2S/c1-9(2)14(15-18-5-6-20(15)4)19-23(21,22)13-7-10(3)12(17)8-11(13)16/h5-9,14,19H,1-4H3. The first-order valence-electron chi connectivity index (χ1n) is 7.08. The molecule has 126 valence electrons. The van der Waals surface area contributed by atoms with Gasteiger partial charge in [-0.15, -0.1) is 0 Å². The van der Waals surface area contributed by atoms with Gasteiger partial charge in [-0.1, -0.05) is 25.4 Å². The molecule has 0 saturated heterocycles. The zero-order valence-corrected chi connectivity index (χ0v) is 14.9. The Morgan fingerprint density at radius 1 is 1.35 bits per heavy atom. The molecule has 2 aromatic rings. The van der Waals surface area contributed by atoms with E-state index in [1.165, 1.54) is 13.0 Å². The van der Waals surface area contributed by atoms with Crippen LogP contribution in [0.15, 0.2) is 29.4 Å². The van der Waals surface area contributed by atoms with E-state index in [-0.39, 0.29) is 21.4 Å². The van der Waals surface area contributed by atoms with Crippen molar-refractivity contribution in [2.24, 2.45) is 13.0 Å². The van der Waals surface area contributed by atoms with Gasteiger partial charge in [-0.2, -0.15) is 0 Å². The molecule has 23 heavy (non-hydrogen) atoms.